The van der Waals surface area contributed by atoms with E-state index >= 15 is 0 Å². The summed E-state index contributed by atoms with van der Waals surface area (Å²) in [5.41, 5.74) is 2.16. The SMILES string of the molecule is CCOC(=O)C1=C(C)N=c2s/c(=C\c3sccc3C)c(=O)n2[C@@H]1c1ccc(OCC(=O)OC)c(OCC)c1. The van der Waals surface area contributed by atoms with E-state index in [0.29, 0.717) is 38.7 Å². The molecule has 0 spiro atoms. The molecule has 1 atom stereocenters. The van der Waals surface area contributed by atoms with Crippen molar-refractivity contribution in [3.05, 3.63) is 76.6 Å². The average molecular weight is 557 g/mol. The Labute approximate surface area is 227 Å². The van der Waals surface area contributed by atoms with Crippen molar-refractivity contribution in [2.24, 2.45) is 4.99 Å². The van der Waals surface area contributed by atoms with Gasteiger partial charge in [-0.05, 0) is 68.5 Å². The molecular weight excluding hydrogens is 528 g/mol. The Morgan fingerprint density at radius 2 is 1.89 bits per heavy atom. The Kier molecular flexibility index (Phi) is 8.48. The van der Waals surface area contributed by atoms with Crippen LogP contribution in [0, 0.1) is 6.92 Å². The van der Waals surface area contributed by atoms with E-state index < -0.39 is 18.0 Å². The number of aromatic nitrogens is 1. The highest BCUT2D eigenvalue weighted by Gasteiger charge is 2.34. The number of methoxy groups -OCH3 is 1. The van der Waals surface area contributed by atoms with Crippen molar-refractivity contribution in [1.82, 2.24) is 4.57 Å². The first-order chi connectivity index (χ1) is 18.3. The minimum Gasteiger partial charge on any atom is -0.490 e. The number of carbonyl (C=O) groups is 2. The summed E-state index contributed by atoms with van der Waals surface area (Å²) >= 11 is 2.82. The quantitative estimate of drug-likeness (QED) is 0.373. The van der Waals surface area contributed by atoms with Crippen molar-refractivity contribution >= 4 is 40.7 Å². The van der Waals surface area contributed by atoms with Crippen molar-refractivity contribution in [2.45, 2.75) is 33.7 Å². The molecule has 1 aliphatic rings. The molecule has 4 rings (SSSR count). The largest absolute Gasteiger partial charge is 0.490 e. The van der Waals surface area contributed by atoms with Crippen molar-refractivity contribution in [1.29, 1.82) is 0 Å². The van der Waals surface area contributed by atoms with Crippen LogP contribution < -0.4 is 24.4 Å². The van der Waals surface area contributed by atoms with Gasteiger partial charge in [-0.2, -0.15) is 0 Å². The zero-order valence-corrected chi connectivity index (χ0v) is 23.4. The number of benzene rings is 1. The number of carbonyl (C=O) groups excluding carboxylic acids is 2. The number of nitrogens with zero attached hydrogens (tertiary/aromatic N) is 2. The second-order valence-corrected chi connectivity index (χ2v) is 10.2. The predicted octanol–water partition coefficient (Wildman–Crippen LogP) is 3.12. The van der Waals surface area contributed by atoms with Crippen LogP contribution in [0.4, 0.5) is 0 Å². The smallest absolute Gasteiger partial charge is 0.343 e. The van der Waals surface area contributed by atoms with Gasteiger partial charge in [-0.15, -0.1) is 11.3 Å². The molecule has 0 radical (unpaired) electrons. The standard InChI is InChI=1S/C27H28N2O7S2/c1-6-34-19-12-17(8-9-18(19)36-14-22(30)33-5)24-23(26(32)35-7-2)16(4)28-27-29(24)25(31)21(38-27)13-20-15(3)10-11-37-20/h8-13,24H,6-7,14H2,1-5H3/b21-13-/t24-/m1/s1. The molecule has 9 nitrogen and oxygen atoms in total. The molecule has 0 bridgehead atoms. The molecule has 0 saturated carbocycles. The van der Waals surface area contributed by atoms with E-state index in [9.17, 15) is 14.4 Å². The summed E-state index contributed by atoms with van der Waals surface area (Å²) in [6.45, 7) is 7.49. The highest BCUT2D eigenvalue weighted by atomic mass is 32.1. The van der Waals surface area contributed by atoms with Crippen LogP contribution in [0.2, 0.25) is 0 Å². The lowest BCUT2D eigenvalue weighted by Crippen LogP contribution is -2.40. The zero-order valence-electron chi connectivity index (χ0n) is 21.7. The number of fused-ring (bicyclic) bond motifs is 1. The second-order valence-electron chi connectivity index (χ2n) is 8.27. The van der Waals surface area contributed by atoms with Gasteiger partial charge in [0.15, 0.2) is 22.9 Å². The fraction of sp³-hybridized carbons (Fsp3) is 0.333. The van der Waals surface area contributed by atoms with Gasteiger partial charge in [0, 0.05) is 4.88 Å². The van der Waals surface area contributed by atoms with Gasteiger partial charge in [-0.25, -0.2) is 14.6 Å². The number of esters is 2. The number of rotatable bonds is 9. The third-order valence-corrected chi connectivity index (χ3v) is 7.79. The lowest BCUT2D eigenvalue weighted by Gasteiger charge is -2.25. The van der Waals surface area contributed by atoms with E-state index in [4.69, 9.17) is 14.2 Å². The van der Waals surface area contributed by atoms with E-state index in [1.165, 1.54) is 23.0 Å². The number of thiophene rings is 1. The van der Waals surface area contributed by atoms with Crippen LogP contribution >= 0.6 is 22.7 Å². The van der Waals surface area contributed by atoms with Crippen molar-refractivity contribution in [2.75, 3.05) is 26.9 Å². The van der Waals surface area contributed by atoms with Gasteiger partial charge >= 0.3 is 11.9 Å². The molecule has 0 N–H and O–H groups in total. The number of allylic oxidation sites excluding steroid dienone is 1. The van der Waals surface area contributed by atoms with Crippen LogP contribution in [0.25, 0.3) is 6.08 Å². The van der Waals surface area contributed by atoms with E-state index in [1.54, 1.807) is 43.4 Å². The molecular formula is C27H28N2O7S2. The van der Waals surface area contributed by atoms with Gasteiger partial charge < -0.3 is 18.9 Å². The van der Waals surface area contributed by atoms with Crippen LogP contribution in [0.3, 0.4) is 0 Å². The number of aryl methyl sites for hydroxylation is 1. The number of ether oxygens (including phenoxy) is 4. The average Bonchev–Trinajstić information content (AvgIpc) is 3.44. The van der Waals surface area contributed by atoms with E-state index in [-0.39, 0.29) is 24.3 Å². The summed E-state index contributed by atoms with van der Waals surface area (Å²) in [6.07, 6.45) is 1.86. The molecule has 1 aromatic carbocycles. The normalized spacial score (nSPS) is 15.1. The van der Waals surface area contributed by atoms with Crippen molar-refractivity contribution in [3.63, 3.8) is 0 Å². The molecule has 3 aromatic rings. The van der Waals surface area contributed by atoms with Crippen LogP contribution in [0.1, 0.15) is 42.8 Å². The molecule has 0 aliphatic carbocycles. The maximum atomic E-state index is 13.8. The minimum atomic E-state index is -0.800. The first kappa shape index (κ1) is 27.3. The van der Waals surface area contributed by atoms with Crippen molar-refractivity contribution in [3.8, 4) is 11.5 Å². The highest BCUT2D eigenvalue weighted by molar-refractivity contribution is 7.11. The first-order valence-corrected chi connectivity index (χ1v) is 13.7. The number of hydrogen-bond donors (Lipinski definition) is 0. The predicted molar refractivity (Wildman–Crippen MR) is 145 cm³/mol. The molecule has 38 heavy (non-hydrogen) atoms. The summed E-state index contributed by atoms with van der Waals surface area (Å²) in [7, 11) is 1.28. The van der Waals surface area contributed by atoms with Crippen LogP contribution in [0.5, 0.6) is 11.5 Å². The van der Waals surface area contributed by atoms with Crippen LogP contribution in [-0.2, 0) is 19.1 Å². The monoisotopic (exact) mass is 556 g/mol. The third kappa shape index (κ3) is 5.44. The molecule has 0 unspecified atom stereocenters. The van der Waals surface area contributed by atoms with E-state index in [2.05, 4.69) is 9.73 Å². The fourth-order valence-electron chi connectivity index (χ4n) is 4.04. The van der Waals surface area contributed by atoms with Gasteiger partial charge in [0.1, 0.15) is 0 Å². The Bertz CT molecular complexity index is 1580. The van der Waals surface area contributed by atoms with E-state index in [1.807, 2.05) is 31.4 Å². The lowest BCUT2D eigenvalue weighted by molar-refractivity contribution is -0.143. The first-order valence-electron chi connectivity index (χ1n) is 12.0. The van der Waals surface area contributed by atoms with Gasteiger partial charge in [0.05, 0.1) is 42.2 Å². The molecule has 3 heterocycles. The molecule has 0 amide bonds. The Balaban J connectivity index is 1.90. The van der Waals surface area contributed by atoms with Gasteiger partial charge in [-0.3, -0.25) is 9.36 Å². The molecule has 2 aromatic heterocycles. The fourth-order valence-corrected chi connectivity index (χ4v) is 6.00. The molecule has 0 fully saturated rings. The Hall–Kier alpha value is -3.70. The van der Waals surface area contributed by atoms with Gasteiger partial charge in [0.25, 0.3) is 5.56 Å². The molecule has 0 saturated heterocycles. The summed E-state index contributed by atoms with van der Waals surface area (Å²) in [5, 5.41) is 1.98. The number of thiazole rings is 1. The second kappa shape index (κ2) is 11.8. The van der Waals surface area contributed by atoms with Gasteiger partial charge in [-0.1, -0.05) is 17.4 Å². The summed E-state index contributed by atoms with van der Waals surface area (Å²) in [5.74, 6) is -0.387. The van der Waals surface area contributed by atoms with Gasteiger partial charge in [0.2, 0.25) is 0 Å². The summed E-state index contributed by atoms with van der Waals surface area (Å²) in [4.78, 5) is 44.6. The van der Waals surface area contributed by atoms with E-state index in [0.717, 1.165) is 10.4 Å². The molecule has 200 valence electrons. The molecule has 1 aliphatic heterocycles. The minimum absolute atomic E-state index is 0.176. The van der Waals surface area contributed by atoms with Crippen molar-refractivity contribution < 1.29 is 28.5 Å². The summed E-state index contributed by atoms with van der Waals surface area (Å²) in [6, 6.07) is 6.29. The highest BCUT2D eigenvalue weighted by Crippen LogP contribution is 2.36. The lowest BCUT2D eigenvalue weighted by atomic mass is 9.95. The Morgan fingerprint density at radius 1 is 1.11 bits per heavy atom. The Morgan fingerprint density at radius 3 is 2.55 bits per heavy atom. The summed E-state index contributed by atoms with van der Waals surface area (Å²) < 4.78 is 23.4. The molecule has 11 heteroatoms. The van der Waals surface area contributed by atoms with Crippen LogP contribution in [-0.4, -0.2) is 43.4 Å². The zero-order chi connectivity index (χ0) is 27.4. The van der Waals surface area contributed by atoms with Crippen LogP contribution in [0.15, 0.2) is 50.7 Å². The topological polar surface area (TPSA) is 105 Å². The number of hydrogen-bond acceptors (Lipinski definition) is 10. The maximum absolute atomic E-state index is 13.8. The third-order valence-electron chi connectivity index (χ3n) is 5.84. The maximum Gasteiger partial charge on any atom is 0.343 e.